The van der Waals surface area contributed by atoms with E-state index in [4.69, 9.17) is 18.9 Å². The smallest absolute Gasteiger partial charge is 0.244 e. The summed E-state index contributed by atoms with van der Waals surface area (Å²) in [7, 11) is 2.24. The number of methoxy groups -OCH3 is 4. The van der Waals surface area contributed by atoms with Crippen LogP contribution in [0, 0.1) is 0 Å². The third kappa shape index (κ3) is 3.67. The van der Waals surface area contributed by atoms with Gasteiger partial charge in [0.05, 0.1) is 39.4 Å². The molecule has 2 aromatic carbocycles. The Morgan fingerprint density at radius 3 is 2.22 bits per heavy atom. The lowest BCUT2D eigenvalue weighted by atomic mass is 10.0. The van der Waals surface area contributed by atoms with Crippen LogP contribution in [-0.2, 0) is 16.6 Å². The molecule has 2 heterocycles. The summed E-state index contributed by atoms with van der Waals surface area (Å²) in [6, 6.07) is 13.3. The minimum absolute atomic E-state index is 0.127. The molecule has 9 heteroatoms. The molecular formula is C23H26N2O6S. The van der Waals surface area contributed by atoms with Gasteiger partial charge in [-0.25, -0.2) is 8.42 Å². The van der Waals surface area contributed by atoms with E-state index < -0.39 is 16.1 Å². The van der Waals surface area contributed by atoms with E-state index in [1.165, 1.54) is 30.7 Å². The Bertz CT molecular complexity index is 1220. The number of hydrogen-bond donors (Lipinski definition) is 0. The summed E-state index contributed by atoms with van der Waals surface area (Å²) in [4.78, 5) is 0.127. The summed E-state index contributed by atoms with van der Waals surface area (Å²) in [5, 5.41) is 0. The van der Waals surface area contributed by atoms with Crippen molar-refractivity contribution >= 4 is 10.0 Å². The van der Waals surface area contributed by atoms with E-state index in [0.717, 1.165) is 5.69 Å². The van der Waals surface area contributed by atoms with Gasteiger partial charge in [-0.1, -0.05) is 0 Å². The molecule has 0 N–H and O–H groups in total. The second-order valence-electron chi connectivity index (χ2n) is 7.27. The summed E-state index contributed by atoms with van der Waals surface area (Å²) >= 11 is 0. The average molecular weight is 459 g/mol. The molecule has 170 valence electrons. The topological polar surface area (TPSA) is 79.2 Å². The Balaban J connectivity index is 1.88. The fourth-order valence-electron chi connectivity index (χ4n) is 4.10. The largest absolute Gasteiger partial charge is 0.497 e. The van der Waals surface area contributed by atoms with Gasteiger partial charge < -0.3 is 23.5 Å². The van der Waals surface area contributed by atoms with Crippen LogP contribution >= 0.6 is 0 Å². The highest BCUT2D eigenvalue weighted by Gasteiger charge is 2.39. The summed E-state index contributed by atoms with van der Waals surface area (Å²) in [6.45, 7) is 0.834. The molecule has 1 aromatic heterocycles. The van der Waals surface area contributed by atoms with Gasteiger partial charge >= 0.3 is 0 Å². The molecule has 0 saturated heterocycles. The van der Waals surface area contributed by atoms with Crippen molar-refractivity contribution in [3.05, 3.63) is 66.0 Å². The van der Waals surface area contributed by atoms with Crippen LogP contribution in [0.3, 0.4) is 0 Å². The van der Waals surface area contributed by atoms with Crippen molar-refractivity contribution in [3.8, 4) is 23.0 Å². The molecule has 1 atom stereocenters. The summed E-state index contributed by atoms with van der Waals surface area (Å²) in [5.41, 5.74) is 1.56. The SMILES string of the molecule is COc1ccc(OC)c([C@H]2c3cccn3CCN2S(=O)(=O)c2ccc(OC)c(OC)c2)c1. The van der Waals surface area contributed by atoms with Crippen LogP contribution in [0.15, 0.2) is 59.6 Å². The molecule has 0 bridgehead atoms. The van der Waals surface area contributed by atoms with Crippen molar-refractivity contribution in [2.45, 2.75) is 17.5 Å². The Hall–Kier alpha value is -3.17. The van der Waals surface area contributed by atoms with Gasteiger partial charge in [-0.05, 0) is 42.5 Å². The molecule has 32 heavy (non-hydrogen) atoms. The molecule has 1 aliphatic rings. The van der Waals surface area contributed by atoms with Gasteiger partial charge in [0.1, 0.15) is 11.5 Å². The Kier molecular flexibility index (Phi) is 6.03. The number of ether oxygens (including phenoxy) is 4. The Morgan fingerprint density at radius 1 is 0.812 bits per heavy atom. The fourth-order valence-corrected chi connectivity index (χ4v) is 5.69. The predicted octanol–water partition coefficient (Wildman–Crippen LogP) is 3.32. The minimum Gasteiger partial charge on any atom is -0.497 e. The van der Waals surface area contributed by atoms with Crippen molar-refractivity contribution < 1.29 is 27.4 Å². The monoisotopic (exact) mass is 458 g/mol. The zero-order chi connectivity index (χ0) is 22.9. The Morgan fingerprint density at radius 2 is 1.53 bits per heavy atom. The molecule has 1 aliphatic heterocycles. The average Bonchev–Trinajstić information content (AvgIpc) is 3.31. The van der Waals surface area contributed by atoms with E-state index in [-0.39, 0.29) is 4.90 Å². The lowest BCUT2D eigenvalue weighted by Gasteiger charge is -2.37. The van der Waals surface area contributed by atoms with Crippen molar-refractivity contribution in [2.24, 2.45) is 0 Å². The molecule has 0 unspecified atom stereocenters. The van der Waals surface area contributed by atoms with E-state index in [1.807, 2.05) is 24.4 Å². The first-order valence-electron chi connectivity index (χ1n) is 10.1. The lowest BCUT2D eigenvalue weighted by Crippen LogP contribution is -2.42. The first-order chi connectivity index (χ1) is 15.4. The fraction of sp³-hybridized carbons (Fsp3) is 0.304. The maximum absolute atomic E-state index is 13.9. The van der Waals surface area contributed by atoms with Gasteiger partial charge in [-0.2, -0.15) is 4.31 Å². The van der Waals surface area contributed by atoms with Crippen molar-refractivity contribution in [1.29, 1.82) is 0 Å². The van der Waals surface area contributed by atoms with Crippen molar-refractivity contribution in [2.75, 3.05) is 35.0 Å². The molecule has 0 radical (unpaired) electrons. The van der Waals surface area contributed by atoms with E-state index in [2.05, 4.69) is 4.57 Å². The molecule has 8 nitrogen and oxygen atoms in total. The first kappa shape index (κ1) is 22.0. The quantitative estimate of drug-likeness (QED) is 0.541. The summed E-state index contributed by atoms with van der Waals surface area (Å²) < 4.78 is 52.9. The normalized spacial score (nSPS) is 16.3. The van der Waals surface area contributed by atoms with Gasteiger partial charge in [0.2, 0.25) is 10.0 Å². The van der Waals surface area contributed by atoms with Crippen LogP contribution < -0.4 is 18.9 Å². The van der Waals surface area contributed by atoms with Crippen LogP contribution in [0.2, 0.25) is 0 Å². The van der Waals surface area contributed by atoms with Gasteiger partial charge in [0, 0.05) is 36.6 Å². The van der Waals surface area contributed by atoms with Crippen LogP contribution in [0.1, 0.15) is 17.3 Å². The highest BCUT2D eigenvalue weighted by atomic mass is 32.2. The van der Waals surface area contributed by atoms with E-state index >= 15 is 0 Å². The molecule has 0 saturated carbocycles. The zero-order valence-corrected chi connectivity index (χ0v) is 19.3. The standard InChI is InChI=1S/C23H26N2O6S/c1-28-16-7-9-20(29-2)18(14-16)23-19-6-5-11-24(19)12-13-25(23)32(26,27)17-8-10-21(30-3)22(15-17)31-4/h5-11,14-15,23H,12-13H2,1-4H3/t23-/m0/s1. The maximum Gasteiger partial charge on any atom is 0.244 e. The van der Waals surface area contributed by atoms with Crippen LogP contribution in [-0.4, -0.2) is 52.3 Å². The maximum atomic E-state index is 13.9. The van der Waals surface area contributed by atoms with Gasteiger partial charge in [0.25, 0.3) is 0 Å². The highest BCUT2D eigenvalue weighted by molar-refractivity contribution is 7.89. The van der Waals surface area contributed by atoms with Crippen molar-refractivity contribution in [3.63, 3.8) is 0 Å². The molecule has 0 aliphatic carbocycles. The van der Waals surface area contributed by atoms with Gasteiger partial charge in [0.15, 0.2) is 11.5 Å². The number of fused-ring (bicyclic) bond motifs is 1. The van der Waals surface area contributed by atoms with Gasteiger partial charge in [-0.3, -0.25) is 0 Å². The number of nitrogens with zero attached hydrogens (tertiary/aromatic N) is 2. The second kappa shape index (κ2) is 8.76. The van der Waals surface area contributed by atoms with Crippen molar-refractivity contribution in [1.82, 2.24) is 8.87 Å². The van der Waals surface area contributed by atoms with E-state index in [1.54, 1.807) is 32.4 Å². The first-order valence-corrected chi connectivity index (χ1v) is 11.5. The van der Waals surface area contributed by atoms with Crippen LogP contribution in [0.25, 0.3) is 0 Å². The third-order valence-electron chi connectivity index (χ3n) is 5.69. The number of hydrogen-bond acceptors (Lipinski definition) is 6. The minimum atomic E-state index is -3.89. The number of rotatable bonds is 7. The van der Waals surface area contributed by atoms with Crippen LogP contribution in [0.5, 0.6) is 23.0 Å². The number of sulfonamides is 1. The molecule has 0 fully saturated rings. The summed E-state index contributed by atoms with van der Waals surface area (Å²) in [5.74, 6) is 2.01. The van der Waals surface area contributed by atoms with Crippen LogP contribution in [0.4, 0.5) is 0 Å². The molecular weight excluding hydrogens is 432 g/mol. The molecule has 0 spiro atoms. The molecule has 4 rings (SSSR count). The summed E-state index contributed by atoms with van der Waals surface area (Å²) in [6.07, 6.45) is 1.95. The Labute approximate surface area is 187 Å². The van der Waals surface area contributed by atoms with E-state index in [0.29, 0.717) is 41.7 Å². The highest BCUT2D eigenvalue weighted by Crippen LogP contribution is 2.42. The lowest BCUT2D eigenvalue weighted by molar-refractivity contribution is 0.289. The number of aromatic nitrogens is 1. The molecule has 3 aromatic rings. The predicted molar refractivity (Wildman–Crippen MR) is 119 cm³/mol. The van der Waals surface area contributed by atoms with Gasteiger partial charge in [-0.15, -0.1) is 0 Å². The van der Waals surface area contributed by atoms with E-state index in [9.17, 15) is 8.42 Å². The second-order valence-corrected chi connectivity index (χ2v) is 9.16. The molecule has 0 amide bonds. The number of benzene rings is 2. The zero-order valence-electron chi connectivity index (χ0n) is 18.4. The third-order valence-corrected chi connectivity index (χ3v) is 7.55.